The van der Waals surface area contributed by atoms with E-state index in [4.69, 9.17) is 14.9 Å². The summed E-state index contributed by atoms with van der Waals surface area (Å²) in [5.41, 5.74) is 1.89. The largest absolute Gasteiger partial charge is 0.487 e. The van der Waals surface area contributed by atoms with E-state index in [0.717, 1.165) is 16.9 Å². The molecule has 0 radical (unpaired) electrons. The van der Waals surface area contributed by atoms with Crippen molar-refractivity contribution >= 4 is 5.91 Å². The van der Waals surface area contributed by atoms with Gasteiger partial charge in [-0.2, -0.15) is 0 Å². The summed E-state index contributed by atoms with van der Waals surface area (Å²) in [6, 6.07) is 10.9. The van der Waals surface area contributed by atoms with E-state index in [-0.39, 0.29) is 24.9 Å². The second-order valence-corrected chi connectivity index (χ2v) is 6.89. The molecule has 1 heterocycles. The lowest BCUT2D eigenvalue weighted by atomic mass is 9.91. The van der Waals surface area contributed by atoms with Crippen LogP contribution in [0.2, 0.25) is 0 Å². The molecule has 6 heteroatoms. The van der Waals surface area contributed by atoms with Crippen LogP contribution in [0.25, 0.3) is 0 Å². The maximum atomic E-state index is 13.1. The SMILES string of the molecule is CC1(Cc2ccc(F)cc2)Cc2cc(C(=O)NC(CO)CO)ccc2O1. The summed E-state index contributed by atoms with van der Waals surface area (Å²) in [5.74, 6) is 0.106. The summed E-state index contributed by atoms with van der Waals surface area (Å²) >= 11 is 0. The van der Waals surface area contributed by atoms with E-state index in [1.807, 2.05) is 6.92 Å². The molecule has 3 N–H and O–H groups in total. The van der Waals surface area contributed by atoms with E-state index in [0.29, 0.717) is 18.4 Å². The molecule has 1 atom stereocenters. The summed E-state index contributed by atoms with van der Waals surface area (Å²) in [7, 11) is 0. The Hall–Kier alpha value is -2.44. The Morgan fingerprint density at radius 2 is 1.92 bits per heavy atom. The van der Waals surface area contributed by atoms with Gasteiger partial charge in [0, 0.05) is 18.4 Å². The first kappa shape index (κ1) is 18.4. The summed E-state index contributed by atoms with van der Waals surface area (Å²) in [6.07, 6.45) is 1.25. The van der Waals surface area contributed by atoms with Crippen molar-refractivity contribution in [3.8, 4) is 5.75 Å². The number of carbonyl (C=O) groups excluding carboxylic acids is 1. The first-order valence-electron chi connectivity index (χ1n) is 8.51. The molecule has 5 nitrogen and oxygen atoms in total. The smallest absolute Gasteiger partial charge is 0.251 e. The Labute approximate surface area is 151 Å². The zero-order valence-corrected chi connectivity index (χ0v) is 14.5. The number of aliphatic hydroxyl groups is 2. The van der Waals surface area contributed by atoms with Gasteiger partial charge in [-0.05, 0) is 48.4 Å². The Morgan fingerprint density at radius 1 is 1.23 bits per heavy atom. The van der Waals surface area contributed by atoms with E-state index in [1.54, 1.807) is 30.3 Å². The zero-order valence-electron chi connectivity index (χ0n) is 14.5. The number of rotatable bonds is 6. The van der Waals surface area contributed by atoms with Gasteiger partial charge in [0.2, 0.25) is 0 Å². The van der Waals surface area contributed by atoms with Gasteiger partial charge < -0.3 is 20.3 Å². The minimum absolute atomic E-state index is 0.269. The lowest BCUT2D eigenvalue weighted by Gasteiger charge is -2.24. The van der Waals surface area contributed by atoms with Crippen molar-refractivity contribution in [2.75, 3.05) is 13.2 Å². The van der Waals surface area contributed by atoms with Crippen molar-refractivity contribution in [2.24, 2.45) is 0 Å². The molecule has 1 aliphatic heterocycles. The quantitative estimate of drug-likeness (QED) is 0.735. The maximum Gasteiger partial charge on any atom is 0.251 e. The van der Waals surface area contributed by atoms with Crippen LogP contribution in [0.3, 0.4) is 0 Å². The predicted octanol–water partition coefficient (Wildman–Crippen LogP) is 1.84. The van der Waals surface area contributed by atoms with Gasteiger partial charge in [-0.15, -0.1) is 0 Å². The highest BCUT2D eigenvalue weighted by Gasteiger charge is 2.35. The molecule has 3 rings (SSSR count). The molecule has 2 aromatic rings. The standard InChI is InChI=1S/C20H22FNO4/c1-20(9-13-2-5-16(21)6-3-13)10-15-8-14(4-7-18(15)26-20)19(25)22-17(11-23)12-24/h2-8,17,23-24H,9-12H2,1H3,(H,22,25). The van der Waals surface area contributed by atoms with Gasteiger partial charge in [0.25, 0.3) is 5.91 Å². The average molecular weight is 359 g/mol. The Balaban J connectivity index is 1.72. The van der Waals surface area contributed by atoms with E-state index in [1.165, 1.54) is 12.1 Å². The Bertz CT molecular complexity index is 789. The van der Waals surface area contributed by atoms with Crippen LogP contribution >= 0.6 is 0 Å². The van der Waals surface area contributed by atoms with Gasteiger partial charge in [-0.25, -0.2) is 4.39 Å². The van der Waals surface area contributed by atoms with Crippen LogP contribution in [-0.4, -0.2) is 41.0 Å². The lowest BCUT2D eigenvalue weighted by molar-refractivity contribution is 0.0879. The molecule has 2 aromatic carbocycles. The molecule has 0 aliphatic carbocycles. The number of fused-ring (bicyclic) bond motifs is 1. The molecule has 1 amide bonds. The van der Waals surface area contributed by atoms with Gasteiger partial charge in [-0.3, -0.25) is 4.79 Å². The third-order valence-corrected chi connectivity index (χ3v) is 4.51. The van der Waals surface area contributed by atoms with E-state index in [2.05, 4.69) is 5.32 Å². The van der Waals surface area contributed by atoms with Crippen LogP contribution in [0, 0.1) is 5.82 Å². The fraction of sp³-hybridized carbons (Fsp3) is 0.350. The number of amides is 1. The van der Waals surface area contributed by atoms with Gasteiger partial charge in [0.05, 0.1) is 19.3 Å². The number of halogens is 1. The van der Waals surface area contributed by atoms with Crippen LogP contribution in [0.5, 0.6) is 5.75 Å². The van der Waals surface area contributed by atoms with Crippen LogP contribution in [0.1, 0.15) is 28.4 Å². The van der Waals surface area contributed by atoms with Gasteiger partial charge in [-0.1, -0.05) is 12.1 Å². The molecule has 0 bridgehead atoms. The van der Waals surface area contributed by atoms with Crippen LogP contribution in [0.4, 0.5) is 4.39 Å². The van der Waals surface area contributed by atoms with Crippen molar-refractivity contribution in [3.63, 3.8) is 0 Å². The van der Waals surface area contributed by atoms with Gasteiger partial charge in [0.15, 0.2) is 0 Å². The van der Waals surface area contributed by atoms with Crippen LogP contribution in [-0.2, 0) is 12.8 Å². The first-order chi connectivity index (χ1) is 12.4. The minimum atomic E-state index is -0.684. The van der Waals surface area contributed by atoms with Crippen molar-refractivity contribution in [3.05, 3.63) is 65.0 Å². The van der Waals surface area contributed by atoms with Crippen LogP contribution in [0.15, 0.2) is 42.5 Å². The molecule has 1 aliphatic rings. The Morgan fingerprint density at radius 3 is 2.58 bits per heavy atom. The fourth-order valence-corrected chi connectivity index (χ4v) is 3.21. The molecule has 138 valence electrons. The first-order valence-corrected chi connectivity index (χ1v) is 8.51. The fourth-order valence-electron chi connectivity index (χ4n) is 3.21. The monoisotopic (exact) mass is 359 g/mol. The second-order valence-electron chi connectivity index (χ2n) is 6.89. The number of ether oxygens (including phenoxy) is 1. The van der Waals surface area contributed by atoms with E-state index in [9.17, 15) is 9.18 Å². The molecular weight excluding hydrogens is 337 g/mol. The Kier molecular flexibility index (Phi) is 5.25. The second kappa shape index (κ2) is 7.43. The minimum Gasteiger partial charge on any atom is -0.487 e. The van der Waals surface area contributed by atoms with Crippen molar-refractivity contribution in [2.45, 2.75) is 31.4 Å². The highest BCUT2D eigenvalue weighted by Crippen LogP contribution is 2.37. The lowest BCUT2D eigenvalue weighted by Crippen LogP contribution is -2.40. The normalized spacial score (nSPS) is 18.5. The van der Waals surface area contributed by atoms with Crippen molar-refractivity contribution < 1.29 is 24.1 Å². The molecule has 1 unspecified atom stereocenters. The molecule has 0 saturated heterocycles. The predicted molar refractivity (Wildman–Crippen MR) is 94.7 cm³/mol. The average Bonchev–Trinajstić information content (AvgIpc) is 2.96. The summed E-state index contributed by atoms with van der Waals surface area (Å²) in [4.78, 5) is 12.2. The summed E-state index contributed by atoms with van der Waals surface area (Å²) < 4.78 is 19.2. The molecule has 26 heavy (non-hydrogen) atoms. The van der Waals surface area contributed by atoms with Gasteiger partial charge >= 0.3 is 0 Å². The zero-order chi connectivity index (χ0) is 18.7. The topological polar surface area (TPSA) is 78.8 Å². The van der Waals surface area contributed by atoms with Crippen molar-refractivity contribution in [1.29, 1.82) is 0 Å². The number of nitrogens with one attached hydrogen (secondary N) is 1. The highest BCUT2D eigenvalue weighted by atomic mass is 19.1. The number of benzene rings is 2. The molecule has 0 fully saturated rings. The molecule has 0 saturated carbocycles. The van der Waals surface area contributed by atoms with E-state index < -0.39 is 11.6 Å². The summed E-state index contributed by atoms with van der Waals surface area (Å²) in [6.45, 7) is 1.34. The third-order valence-electron chi connectivity index (χ3n) is 4.51. The molecular formula is C20H22FNO4. The number of hydrogen-bond acceptors (Lipinski definition) is 4. The molecule has 0 spiro atoms. The number of hydrogen-bond donors (Lipinski definition) is 3. The highest BCUT2D eigenvalue weighted by molar-refractivity contribution is 5.94. The molecule has 0 aromatic heterocycles. The third kappa shape index (κ3) is 4.03. The van der Waals surface area contributed by atoms with Crippen LogP contribution < -0.4 is 10.1 Å². The number of aliphatic hydroxyl groups excluding tert-OH is 2. The van der Waals surface area contributed by atoms with E-state index >= 15 is 0 Å². The van der Waals surface area contributed by atoms with Gasteiger partial charge in [0.1, 0.15) is 17.2 Å². The summed E-state index contributed by atoms with van der Waals surface area (Å²) in [5, 5.41) is 20.7. The maximum absolute atomic E-state index is 13.1. The van der Waals surface area contributed by atoms with Crippen molar-refractivity contribution in [1.82, 2.24) is 5.32 Å². The number of carbonyl (C=O) groups is 1.